The van der Waals surface area contributed by atoms with E-state index in [4.69, 9.17) is 71.1 Å². The van der Waals surface area contributed by atoms with E-state index in [0.29, 0.717) is 0 Å². The van der Waals surface area contributed by atoms with Gasteiger partial charge in [0.15, 0.2) is 36.9 Å². The molecule has 8 aromatic carbocycles. The zero-order chi connectivity index (χ0) is 66.2. The van der Waals surface area contributed by atoms with Crippen LogP contribution in [-0.4, -0.2) is 135 Å². The third-order valence-corrected chi connectivity index (χ3v) is 16.7. The van der Waals surface area contributed by atoms with Crippen molar-refractivity contribution in [3.05, 3.63) is 287 Å². The highest BCUT2D eigenvalue weighted by molar-refractivity contribution is 5.91. The molecular weight excluding hydrogens is 1230 g/mol. The van der Waals surface area contributed by atoms with Crippen LogP contribution < -0.4 is 0 Å². The van der Waals surface area contributed by atoms with Crippen molar-refractivity contribution in [3.8, 4) is 0 Å². The van der Waals surface area contributed by atoms with E-state index in [1.165, 1.54) is 0 Å². The lowest BCUT2D eigenvalue weighted by Gasteiger charge is -2.51. The molecular formula is C77H76O19. The minimum absolute atomic E-state index is 0.0301. The molecule has 12 rings (SSSR count). The Kier molecular flexibility index (Phi) is 22.6. The summed E-state index contributed by atoms with van der Waals surface area (Å²) in [4.78, 5) is 57.7. The molecule has 4 saturated heterocycles. The average Bonchev–Trinajstić information content (AvgIpc) is 1.31. The summed E-state index contributed by atoms with van der Waals surface area (Å²) in [6.07, 6.45) is -19.6. The van der Waals surface area contributed by atoms with Gasteiger partial charge in [-0.15, -0.1) is 0 Å². The molecule has 0 spiro atoms. The maximum Gasteiger partial charge on any atom is 0.338 e. The average molecular weight is 1310 g/mol. The summed E-state index contributed by atoms with van der Waals surface area (Å²) in [7, 11) is 0. The second-order valence-corrected chi connectivity index (χ2v) is 24.0. The standard InChI is InChI=1S/C77H76O19/c1-50-61(82-44-51-28-12-4-13-29-51)64(83-45-52-30-14-5-15-31-52)67(84-46-53-32-16-6-17-33-53)75(88-50)94-65-62(59(48-85-70(78)55-36-20-8-21-37-55)89-74(87-47-54-34-18-7-19-35-54)68(65)91-72(80)57-40-24-10-25-41-57)93-76-69(92-73(81)58-42-26-11-27-43-58)66-63(95-77(2,3)96-66)60(90-76)49-86-71(79)56-38-22-9-23-39-56/h4-43,50,59-69,74-76H,44-49H2,1-3H3/t50-,59+,60+,61+,62+,63-,64+,65-,66-,67-,68+,69+,74+,75-,76-/m0/s1. The van der Waals surface area contributed by atoms with Crippen molar-refractivity contribution in [1.29, 1.82) is 0 Å². The lowest BCUT2D eigenvalue weighted by molar-refractivity contribution is -0.387. The Morgan fingerprint density at radius 1 is 0.333 bits per heavy atom. The fourth-order valence-corrected chi connectivity index (χ4v) is 12.0. The van der Waals surface area contributed by atoms with Crippen LogP contribution in [0, 0.1) is 0 Å². The first-order valence-electron chi connectivity index (χ1n) is 32.1. The predicted molar refractivity (Wildman–Crippen MR) is 346 cm³/mol. The molecule has 0 N–H and O–H groups in total. The number of esters is 4. The Balaban J connectivity index is 1.00. The van der Waals surface area contributed by atoms with Crippen LogP contribution >= 0.6 is 0 Å². The molecule has 19 heteroatoms. The van der Waals surface area contributed by atoms with E-state index in [2.05, 4.69) is 0 Å². The Morgan fingerprint density at radius 2 is 0.677 bits per heavy atom. The van der Waals surface area contributed by atoms with E-state index in [0.717, 1.165) is 22.3 Å². The molecule has 15 atom stereocenters. The van der Waals surface area contributed by atoms with Gasteiger partial charge in [0.25, 0.3) is 0 Å². The van der Waals surface area contributed by atoms with Crippen LogP contribution in [0.25, 0.3) is 0 Å². The third kappa shape index (κ3) is 17.2. The highest BCUT2D eigenvalue weighted by atomic mass is 16.8. The molecule has 4 aliphatic rings. The molecule has 4 heterocycles. The Hall–Kier alpha value is -8.80. The van der Waals surface area contributed by atoms with Gasteiger partial charge in [-0.25, -0.2) is 19.2 Å². The van der Waals surface area contributed by atoms with Crippen molar-refractivity contribution in [2.24, 2.45) is 0 Å². The van der Waals surface area contributed by atoms with Crippen molar-refractivity contribution in [1.82, 2.24) is 0 Å². The molecule has 0 amide bonds. The largest absolute Gasteiger partial charge is 0.459 e. The van der Waals surface area contributed by atoms with Crippen molar-refractivity contribution < 1.29 is 90.2 Å². The minimum Gasteiger partial charge on any atom is -0.459 e. The van der Waals surface area contributed by atoms with Crippen molar-refractivity contribution in [2.45, 2.75) is 145 Å². The number of rotatable bonds is 26. The zero-order valence-corrected chi connectivity index (χ0v) is 53.3. The number of ether oxygens (including phenoxy) is 15. The number of fused-ring (bicyclic) bond motifs is 1. The van der Waals surface area contributed by atoms with Crippen LogP contribution in [0.15, 0.2) is 243 Å². The minimum atomic E-state index is -1.72. The summed E-state index contributed by atoms with van der Waals surface area (Å²) < 4.78 is 103. The molecule has 0 radical (unpaired) electrons. The highest BCUT2D eigenvalue weighted by Crippen LogP contribution is 2.43. The van der Waals surface area contributed by atoms with E-state index in [9.17, 15) is 14.4 Å². The van der Waals surface area contributed by atoms with Crippen LogP contribution in [-0.2, 0) is 97.5 Å². The first-order chi connectivity index (χ1) is 46.9. The van der Waals surface area contributed by atoms with E-state index in [1.54, 1.807) is 135 Å². The summed E-state index contributed by atoms with van der Waals surface area (Å²) in [5.74, 6) is -4.30. The number of carbonyl (C=O) groups is 4. The molecule has 96 heavy (non-hydrogen) atoms. The van der Waals surface area contributed by atoms with Gasteiger partial charge in [0, 0.05) is 0 Å². The third-order valence-electron chi connectivity index (χ3n) is 16.7. The van der Waals surface area contributed by atoms with Gasteiger partial charge in [0.2, 0.25) is 0 Å². The topological polar surface area (TPSA) is 207 Å². The van der Waals surface area contributed by atoms with Gasteiger partial charge in [-0.1, -0.05) is 194 Å². The molecule has 498 valence electrons. The molecule has 8 aromatic rings. The first-order valence-corrected chi connectivity index (χ1v) is 32.1. The lowest BCUT2D eigenvalue weighted by atomic mass is 9.95. The quantitative estimate of drug-likeness (QED) is 0.0365. The molecule has 0 saturated carbocycles. The Morgan fingerprint density at radius 3 is 1.14 bits per heavy atom. The van der Waals surface area contributed by atoms with Crippen LogP contribution in [0.5, 0.6) is 0 Å². The number of carbonyl (C=O) groups excluding carboxylic acids is 4. The van der Waals surface area contributed by atoms with Gasteiger partial charge in [-0.3, -0.25) is 0 Å². The zero-order valence-electron chi connectivity index (χ0n) is 53.3. The first kappa shape index (κ1) is 67.2. The smallest absolute Gasteiger partial charge is 0.338 e. The maximum atomic E-state index is 15.0. The van der Waals surface area contributed by atoms with E-state index in [-0.39, 0.29) is 48.7 Å². The fraction of sp³-hybridized carbons (Fsp3) is 0.325. The van der Waals surface area contributed by atoms with Crippen molar-refractivity contribution >= 4 is 23.9 Å². The van der Waals surface area contributed by atoms with Gasteiger partial charge >= 0.3 is 23.9 Å². The SMILES string of the molecule is C[C@@H]1O[C@@H](O[C@@H]2[C@@H](OC(=O)c3ccccc3)[C@H](OCc3ccccc3)O[C@H](COC(=O)c3ccccc3)[C@H]2O[C@@H]2O[C@H](COC(=O)c3ccccc3)[C@@H]3OC(C)(C)O[C@@H]3[C@H]2OC(=O)c2ccccc2)[C@@H](OCc2ccccc2)[C@H](OCc2ccccc2)[C@@H]1OCc1ccccc1. The highest BCUT2D eigenvalue weighted by Gasteiger charge is 2.61. The van der Waals surface area contributed by atoms with Gasteiger partial charge in [-0.05, 0) is 91.6 Å². The van der Waals surface area contributed by atoms with Crippen LogP contribution in [0.1, 0.15) is 84.5 Å². The fourth-order valence-electron chi connectivity index (χ4n) is 12.0. The van der Waals surface area contributed by atoms with Crippen molar-refractivity contribution in [3.63, 3.8) is 0 Å². The lowest BCUT2D eigenvalue weighted by Crippen LogP contribution is -2.68. The normalized spacial score (nSPS) is 26.7. The van der Waals surface area contributed by atoms with E-state index < -0.39 is 135 Å². The van der Waals surface area contributed by atoms with Gasteiger partial charge in [0.05, 0.1) is 54.8 Å². The monoisotopic (exact) mass is 1300 g/mol. The van der Waals surface area contributed by atoms with E-state index >= 15 is 4.79 Å². The van der Waals surface area contributed by atoms with E-state index in [1.807, 2.05) is 128 Å². The maximum absolute atomic E-state index is 15.0. The van der Waals surface area contributed by atoms with Crippen molar-refractivity contribution in [2.75, 3.05) is 13.2 Å². The summed E-state index contributed by atoms with van der Waals surface area (Å²) in [5, 5.41) is 0. The molecule has 0 aliphatic carbocycles. The Bertz CT molecular complexity index is 3730. The van der Waals surface area contributed by atoms with Crippen LogP contribution in [0.4, 0.5) is 0 Å². The summed E-state index contributed by atoms with van der Waals surface area (Å²) in [6.45, 7) is 4.49. The molecule has 0 bridgehead atoms. The van der Waals surface area contributed by atoms with Gasteiger partial charge in [-0.2, -0.15) is 0 Å². The summed E-state index contributed by atoms with van der Waals surface area (Å²) in [6, 6.07) is 71.7. The number of hydrogen-bond acceptors (Lipinski definition) is 19. The summed E-state index contributed by atoms with van der Waals surface area (Å²) in [5.41, 5.74) is 4.14. The summed E-state index contributed by atoms with van der Waals surface area (Å²) >= 11 is 0. The van der Waals surface area contributed by atoms with Crippen LogP contribution in [0.3, 0.4) is 0 Å². The molecule has 0 aromatic heterocycles. The molecule has 4 aliphatic heterocycles. The number of benzene rings is 8. The van der Waals surface area contributed by atoms with Gasteiger partial charge in [0.1, 0.15) is 68.1 Å². The Labute approximate surface area is 557 Å². The second kappa shape index (κ2) is 32.3. The second-order valence-electron chi connectivity index (χ2n) is 24.0. The molecule has 19 nitrogen and oxygen atoms in total. The van der Waals surface area contributed by atoms with Gasteiger partial charge < -0.3 is 71.1 Å². The predicted octanol–water partition coefficient (Wildman–Crippen LogP) is 11.6. The molecule has 4 fully saturated rings. The number of hydrogen-bond donors (Lipinski definition) is 0. The van der Waals surface area contributed by atoms with Crippen LogP contribution in [0.2, 0.25) is 0 Å². The molecule has 0 unspecified atom stereocenters.